The molecule has 3 N–H and O–H groups in total. The Kier molecular flexibility index (Phi) is 2.82. The van der Waals surface area contributed by atoms with E-state index in [0.29, 0.717) is 5.69 Å². The quantitative estimate of drug-likeness (QED) is 0.788. The third-order valence-electron chi connectivity index (χ3n) is 2.61. The molecule has 0 spiro atoms. The first kappa shape index (κ1) is 11.2. The highest BCUT2D eigenvalue weighted by atomic mass is 16.4. The molecule has 17 heavy (non-hydrogen) atoms. The van der Waals surface area contributed by atoms with E-state index in [4.69, 9.17) is 10.8 Å². The van der Waals surface area contributed by atoms with Crippen LogP contribution in [0.1, 0.15) is 23.1 Å². The number of carboxylic acids is 1. The zero-order valence-corrected chi connectivity index (χ0v) is 9.42. The molecule has 1 heterocycles. The Labute approximate surface area is 98.5 Å². The molecule has 88 valence electrons. The molecule has 5 nitrogen and oxygen atoms in total. The van der Waals surface area contributed by atoms with Crippen molar-refractivity contribution >= 4 is 11.7 Å². The van der Waals surface area contributed by atoms with Crippen molar-refractivity contribution in [3.05, 3.63) is 42.0 Å². The Hall–Kier alpha value is -2.30. The number of aromatic nitrogens is 2. The molecule has 2 aromatic rings. The zero-order valence-electron chi connectivity index (χ0n) is 9.42. The van der Waals surface area contributed by atoms with Gasteiger partial charge in [-0.2, -0.15) is 0 Å². The number of carboxylic acid groups (broad SMARTS) is 1. The van der Waals surface area contributed by atoms with Crippen molar-refractivity contribution in [2.75, 3.05) is 5.73 Å². The van der Waals surface area contributed by atoms with E-state index >= 15 is 0 Å². The summed E-state index contributed by atoms with van der Waals surface area (Å²) in [5, 5.41) is 9.01. The molecule has 0 unspecified atom stereocenters. The summed E-state index contributed by atoms with van der Waals surface area (Å²) in [6.45, 7) is 1.98. The second-order valence-electron chi connectivity index (χ2n) is 3.61. The highest BCUT2D eigenvalue weighted by Crippen LogP contribution is 2.22. The number of hydrogen-bond acceptors (Lipinski definition) is 3. The summed E-state index contributed by atoms with van der Waals surface area (Å²) in [7, 11) is 0. The number of rotatable bonds is 3. The predicted molar refractivity (Wildman–Crippen MR) is 64.3 cm³/mol. The van der Waals surface area contributed by atoms with Crippen LogP contribution in [0.25, 0.3) is 5.69 Å². The summed E-state index contributed by atoms with van der Waals surface area (Å²) in [5.74, 6) is -0.179. The Bertz CT molecular complexity index is 561. The van der Waals surface area contributed by atoms with E-state index in [1.165, 1.54) is 6.07 Å². The van der Waals surface area contributed by atoms with Crippen LogP contribution in [0.15, 0.2) is 30.6 Å². The number of nitrogens with two attached hydrogens (primary N) is 1. The van der Waals surface area contributed by atoms with Crippen molar-refractivity contribution in [1.82, 2.24) is 9.55 Å². The number of nitrogen functional groups attached to an aromatic ring is 1. The molecule has 5 heteroatoms. The van der Waals surface area contributed by atoms with Crippen LogP contribution in [0.4, 0.5) is 5.69 Å². The van der Waals surface area contributed by atoms with Crippen molar-refractivity contribution in [3.8, 4) is 5.69 Å². The van der Waals surface area contributed by atoms with Crippen LogP contribution < -0.4 is 5.73 Å². The van der Waals surface area contributed by atoms with E-state index in [-0.39, 0.29) is 11.3 Å². The molecular formula is C12H13N3O2. The molecule has 0 aliphatic carbocycles. The summed E-state index contributed by atoms with van der Waals surface area (Å²) in [6, 6.07) is 4.95. The monoisotopic (exact) mass is 231 g/mol. The van der Waals surface area contributed by atoms with Gasteiger partial charge in [0.2, 0.25) is 0 Å². The lowest BCUT2D eigenvalue weighted by molar-refractivity contribution is 0.0698. The Morgan fingerprint density at radius 3 is 2.94 bits per heavy atom. The fourth-order valence-electron chi connectivity index (χ4n) is 1.76. The SMILES string of the molecule is CCc1nccn1-c1cccc(C(=O)O)c1N. The molecule has 1 aromatic heterocycles. The molecule has 2 rings (SSSR count). The number of carbonyl (C=O) groups is 1. The van der Waals surface area contributed by atoms with Crippen LogP contribution >= 0.6 is 0 Å². The van der Waals surface area contributed by atoms with Crippen LogP contribution in [0.2, 0.25) is 0 Å². The summed E-state index contributed by atoms with van der Waals surface area (Å²) in [5.41, 5.74) is 6.89. The van der Waals surface area contributed by atoms with Crippen LogP contribution in [0.3, 0.4) is 0 Å². The maximum absolute atomic E-state index is 11.0. The molecule has 0 aliphatic heterocycles. The van der Waals surface area contributed by atoms with Gasteiger partial charge in [0.15, 0.2) is 0 Å². The van der Waals surface area contributed by atoms with Gasteiger partial charge in [0.1, 0.15) is 5.82 Å². The molecule has 0 aliphatic rings. The van der Waals surface area contributed by atoms with Crippen LogP contribution in [0.5, 0.6) is 0 Å². The van der Waals surface area contributed by atoms with E-state index in [0.717, 1.165) is 12.2 Å². The van der Waals surface area contributed by atoms with Gasteiger partial charge in [-0.15, -0.1) is 0 Å². The van der Waals surface area contributed by atoms with Gasteiger partial charge in [-0.25, -0.2) is 9.78 Å². The average molecular weight is 231 g/mol. The molecule has 0 saturated heterocycles. The highest BCUT2D eigenvalue weighted by Gasteiger charge is 2.13. The van der Waals surface area contributed by atoms with Crippen LogP contribution in [-0.4, -0.2) is 20.6 Å². The molecule has 0 atom stereocenters. The maximum atomic E-state index is 11.0. The standard InChI is InChI=1S/C12H13N3O2/c1-2-10-14-6-7-15(10)9-5-3-4-8(11(9)13)12(16)17/h3-7H,2,13H2,1H3,(H,16,17). The molecule has 0 radical (unpaired) electrons. The van der Waals surface area contributed by atoms with Gasteiger partial charge in [0.05, 0.1) is 16.9 Å². The predicted octanol–water partition coefficient (Wildman–Crippen LogP) is 1.72. The number of hydrogen-bond donors (Lipinski definition) is 2. The number of imidazole rings is 1. The van der Waals surface area contributed by atoms with Crippen molar-refractivity contribution < 1.29 is 9.90 Å². The highest BCUT2D eigenvalue weighted by molar-refractivity contribution is 5.95. The normalized spacial score (nSPS) is 10.4. The Morgan fingerprint density at radius 1 is 1.53 bits per heavy atom. The minimum Gasteiger partial charge on any atom is -0.478 e. The minimum absolute atomic E-state index is 0.109. The second-order valence-corrected chi connectivity index (χ2v) is 3.61. The number of aromatic carboxylic acids is 1. The Morgan fingerprint density at radius 2 is 2.29 bits per heavy atom. The number of para-hydroxylation sites is 1. The third kappa shape index (κ3) is 1.87. The lowest BCUT2D eigenvalue weighted by atomic mass is 10.1. The zero-order chi connectivity index (χ0) is 12.4. The number of aryl methyl sites for hydroxylation is 1. The summed E-state index contributed by atoms with van der Waals surface area (Å²) < 4.78 is 1.81. The van der Waals surface area contributed by atoms with E-state index < -0.39 is 5.97 Å². The first-order chi connectivity index (χ1) is 8.15. The number of anilines is 1. The van der Waals surface area contributed by atoms with Crippen molar-refractivity contribution in [2.45, 2.75) is 13.3 Å². The summed E-state index contributed by atoms with van der Waals surface area (Å²) in [4.78, 5) is 15.2. The first-order valence-corrected chi connectivity index (χ1v) is 5.29. The van der Waals surface area contributed by atoms with Gasteiger partial charge >= 0.3 is 5.97 Å². The van der Waals surface area contributed by atoms with E-state index in [2.05, 4.69) is 4.98 Å². The number of nitrogens with zero attached hydrogens (tertiary/aromatic N) is 2. The molecule has 0 fully saturated rings. The van der Waals surface area contributed by atoms with Crippen molar-refractivity contribution in [2.24, 2.45) is 0 Å². The second kappa shape index (κ2) is 4.29. The lowest BCUT2D eigenvalue weighted by Crippen LogP contribution is -2.08. The van der Waals surface area contributed by atoms with Gasteiger partial charge in [-0.1, -0.05) is 13.0 Å². The van der Waals surface area contributed by atoms with E-state index in [1.54, 1.807) is 24.5 Å². The van der Waals surface area contributed by atoms with Gasteiger partial charge < -0.3 is 15.4 Å². The molecular weight excluding hydrogens is 218 g/mol. The minimum atomic E-state index is -1.03. The van der Waals surface area contributed by atoms with Crippen LogP contribution in [-0.2, 0) is 6.42 Å². The molecule has 1 aromatic carbocycles. The number of benzene rings is 1. The molecule has 0 amide bonds. The molecule has 0 bridgehead atoms. The fraction of sp³-hybridized carbons (Fsp3) is 0.167. The largest absolute Gasteiger partial charge is 0.478 e. The van der Waals surface area contributed by atoms with Gasteiger partial charge in [0.25, 0.3) is 0 Å². The third-order valence-corrected chi connectivity index (χ3v) is 2.61. The fourth-order valence-corrected chi connectivity index (χ4v) is 1.76. The van der Waals surface area contributed by atoms with Gasteiger partial charge in [-0.05, 0) is 12.1 Å². The summed E-state index contributed by atoms with van der Waals surface area (Å²) >= 11 is 0. The topological polar surface area (TPSA) is 81.1 Å². The first-order valence-electron chi connectivity index (χ1n) is 5.29. The van der Waals surface area contributed by atoms with Gasteiger partial charge in [-0.3, -0.25) is 0 Å². The van der Waals surface area contributed by atoms with Gasteiger partial charge in [0, 0.05) is 18.8 Å². The molecule has 0 saturated carbocycles. The summed E-state index contributed by atoms with van der Waals surface area (Å²) in [6.07, 6.45) is 4.20. The van der Waals surface area contributed by atoms with E-state index in [1.807, 2.05) is 11.5 Å². The van der Waals surface area contributed by atoms with E-state index in [9.17, 15) is 4.79 Å². The maximum Gasteiger partial charge on any atom is 0.337 e. The lowest BCUT2D eigenvalue weighted by Gasteiger charge is -2.11. The Balaban J connectivity index is 2.60. The average Bonchev–Trinajstić information content (AvgIpc) is 2.76. The van der Waals surface area contributed by atoms with Crippen molar-refractivity contribution in [3.63, 3.8) is 0 Å². The van der Waals surface area contributed by atoms with Crippen molar-refractivity contribution in [1.29, 1.82) is 0 Å². The smallest absolute Gasteiger partial charge is 0.337 e. The van der Waals surface area contributed by atoms with Crippen LogP contribution in [0, 0.1) is 0 Å².